The summed E-state index contributed by atoms with van der Waals surface area (Å²) in [6, 6.07) is 15.4. The van der Waals surface area contributed by atoms with E-state index < -0.39 is 75.9 Å². The van der Waals surface area contributed by atoms with Crippen molar-refractivity contribution < 1.29 is 83.5 Å². The molecule has 0 bridgehead atoms. The number of carbonyl (C=O) groups is 5. The Labute approximate surface area is 559 Å². The first-order valence-corrected chi connectivity index (χ1v) is 31.3. The Morgan fingerprint density at radius 2 is 1.22 bits per heavy atom. The molecule has 30 heteroatoms. The van der Waals surface area contributed by atoms with Gasteiger partial charge in [0.15, 0.2) is 0 Å². The number of H-pyrrole nitrogens is 2. The molecule has 4 aromatic carbocycles. The highest BCUT2D eigenvalue weighted by molar-refractivity contribution is 6.31. The van der Waals surface area contributed by atoms with Crippen molar-refractivity contribution in [3.8, 4) is 22.3 Å². The molecule has 0 radical (unpaired) electrons. The highest BCUT2D eigenvalue weighted by Gasteiger charge is 2.37. The maximum absolute atomic E-state index is 15.5. The van der Waals surface area contributed by atoms with Gasteiger partial charge in [0.05, 0.1) is 138 Å². The number of aromatic nitrogens is 2. The van der Waals surface area contributed by atoms with Gasteiger partial charge >= 0.3 is 6.18 Å². The lowest BCUT2D eigenvalue weighted by Gasteiger charge is -2.44. The van der Waals surface area contributed by atoms with E-state index in [2.05, 4.69) is 36.1 Å². The number of benzene rings is 4. The van der Waals surface area contributed by atoms with Gasteiger partial charge < -0.3 is 75.0 Å². The van der Waals surface area contributed by atoms with E-state index in [-0.39, 0.29) is 126 Å². The molecule has 0 saturated carbocycles. The highest BCUT2D eigenvalue weighted by atomic mass is 35.5. The first-order valence-electron chi connectivity index (χ1n) is 30.5. The molecule has 3 atom stereocenters. The van der Waals surface area contributed by atoms with Crippen LogP contribution in [0.3, 0.4) is 0 Å². The zero-order valence-electron chi connectivity index (χ0n) is 52.8. The van der Waals surface area contributed by atoms with E-state index in [1.165, 1.54) is 60.8 Å². The Balaban J connectivity index is 0.702. The van der Waals surface area contributed by atoms with Gasteiger partial charge in [0.25, 0.3) is 17.7 Å². The molecule has 0 aliphatic carbocycles. The number of likely N-dealkylation sites (N-methyl/N-ethyl adjacent to an activating group) is 1. The van der Waals surface area contributed by atoms with Gasteiger partial charge in [-0.3, -0.25) is 33.7 Å². The van der Waals surface area contributed by atoms with Crippen LogP contribution in [-0.2, 0) is 48.9 Å². The molecule has 1 fully saturated rings. The largest absolute Gasteiger partial charge is 0.417 e. The maximum Gasteiger partial charge on any atom is 0.417 e. The molecule has 2 aromatic heterocycles. The number of hydrogen-bond donors (Lipinski definition) is 7. The predicted molar refractivity (Wildman–Crippen MR) is 347 cm³/mol. The standard InChI is InChI=1S/C66H75Cl2F6N9O13/c1-40-38-83(39-41(2)82(40)3)58-12-6-42(32-57(58)81-64(88)48-36-79-61(86)34-50(48)66(72,73)74)47-30-44(5-9-52(47)69)63(87)77-15-17-91-19-21-93-23-25-95-27-29-96-28-26-94-24-22-92-20-18-90-16-14-76-60(85)13-11-55-62(46-8-7-45(67)33-54(46)71)49(37-78-55)65(89)80-56(35-59(75)84)43-4-10-53(70)51(68)31-43/h4-13,30-34,36-37,40-41,56,78H,14-29,35,38-39H2,1-3H3,(H2,75,84)(H,76,85)(H,77,87)(H,79,86)(H,80,89)(H,81,88)/b13-11+/t40-,41+,56-/m0/s1. The number of ether oxygens (including phenoxy) is 7. The Kier molecular flexibility index (Phi) is 29.3. The number of amides is 5. The Bertz CT molecular complexity index is 3700. The molecule has 518 valence electrons. The average Bonchev–Trinajstić information content (AvgIpc) is 1.55. The highest BCUT2D eigenvalue weighted by Crippen LogP contribution is 2.38. The van der Waals surface area contributed by atoms with Crippen LogP contribution in [0.25, 0.3) is 28.3 Å². The topological polar surface area (TPSA) is 279 Å². The summed E-state index contributed by atoms with van der Waals surface area (Å²) < 4.78 is 125. The quantitative estimate of drug-likeness (QED) is 0.0109. The van der Waals surface area contributed by atoms with E-state index in [0.717, 1.165) is 18.2 Å². The van der Waals surface area contributed by atoms with Crippen molar-refractivity contribution in [2.45, 2.75) is 44.6 Å². The van der Waals surface area contributed by atoms with Crippen molar-refractivity contribution in [2.24, 2.45) is 5.73 Å². The summed E-state index contributed by atoms with van der Waals surface area (Å²) >= 11 is 12.0. The Morgan fingerprint density at radius 1 is 0.646 bits per heavy atom. The molecule has 1 saturated heterocycles. The third-order valence-corrected chi connectivity index (χ3v) is 15.6. The second kappa shape index (κ2) is 37.4. The van der Waals surface area contributed by atoms with Gasteiger partial charge in [0, 0.05) is 95.8 Å². The van der Waals surface area contributed by atoms with E-state index >= 15 is 8.78 Å². The smallest absolute Gasteiger partial charge is 0.377 e. The number of nitrogens with zero attached hydrogens (tertiary/aromatic N) is 2. The van der Waals surface area contributed by atoms with Gasteiger partial charge in [-0.25, -0.2) is 13.2 Å². The van der Waals surface area contributed by atoms with E-state index in [4.69, 9.17) is 62.1 Å². The number of piperazine rings is 1. The predicted octanol–water partition coefficient (Wildman–Crippen LogP) is 8.58. The zero-order chi connectivity index (χ0) is 69.3. The lowest BCUT2D eigenvalue weighted by molar-refractivity contribution is -0.138. The SMILES string of the molecule is C[C@@H]1CN(c2ccc(-c3cc(C(=O)NCCOCCOCCOCCOCCOCCOCCOCCNC(=O)/C=C/c4[nH]cc(C(=O)N[C@@H](CC(N)=O)c5ccc(F)c(Cl)c5)c4-c4ccc(Cl)cc4F)ccc3F)cc2NC(=O)c2c[nH]c(=O)cc2C(F)(F)F)C[C@H](C)N1C. The number of anilines is 2. The lowest BCUT2D eigenvalue weighted by atomic mass is 9.98. The van der Waals surface area contributed by atoms with Gasteiger partial charge in [-0.05, 0) is 98.8 Å². The number of nitrogens with one attached hydrogen (secondary N) is 6. The molecule has 0 unspecified atom stereocenters. The van der Waals surface area contributed by atoms with Gasteiger partial charge in [0.2, 0.25) is 17.4 Å². The van der Waals surface area contributed by atoms with Crippen LogP contribution in [0.2, 0.25) is 10.0 Å². The Hall–Kier alpha value is -8.16. The van der Waals surface area contributed by atoms with Crippen LogP contribution < -0.4 is 37.5 Å². The fourth-order valence-electron chi connectivity index (χ4n) is 10.0. The summed E-state index contributed by atoms with van der Waals surface area (Å²) in [5.74, 6) is -5.82. The number of primary amides is 1. The summed E-state index contributed by atoms with van der Waals surface area (Å²) in [6.07, 6.45) is -0.802. The maximum atomic E-state index is 15.5. The zero-order valence-corrected chi connectivity index (χ0v) is 54.3. The van der Waals surface area contributed by atoms with Crippen LogP contribution in [0, 0.1) is 17.5 Å². The summed E-state index contributed by atoms with van der Waals surface area (Å²) in [5.41, 5.74) is 3.64. The van der Waals surface area contributed by atoms with Crippen molar-refractivity contribution in [3.05, 3.63) is 169 Å². The number of pyridine rings is 1. The molecule has 5 amide bonds. The number of hydrogen-bond acceptors (Lipinski definition) is 15. The summed E-state index contributed by atoms with van der Waals surface area (Å²) in [7, 11) is 1.98. The first kappa shape index (κ1) is 75.2. The normalized spacial score (nSPS) is 14.6. The number of halogens is 8. The molecular weight excluding hydrogens is 1310 g/mol. The molecule has 8 N–H and O–H groups in total. The minimum absolute atomic E-state index is 0.000141. The molecule has 1 aliphatic rings. The van der Waals surface area contributed by atoms with Crippen LogP contribution in [0.5, 0.6) is 0 Å². The van der Waals surface area contributed by atoms with Crippen LogP contribution in [0.4, 0.5) is 37.7 Å². The van der Waals surface area contributed by atoms with Gasteiger partial charge in [-0.2, -0.15) is 13.2 Å². The fourth-order valence-corrected chi connectivity index (χ4v) is 10.4. The number of nitrogens with two attached hydrogens (primary N) is 1. The fraction of sp³-hybridized carbons (Fsp3) is 0.394. The van der Waals surface area contributed by atoms with Crippen molar-refractivity contribution in [2.75, 3.05) is 136 Å². The molecule has 6 aromatic rings. The molecular formula is C66H75Cl2F6N9O13. The Morgan fingerprint density at radius 3 is 1.79 bits per heavy atom. The summed E-state index contributed by atoms with van der Waals surface area (Å²) in [5, 5.41) is 10.5. The minimum Gasteiger partial charge on any atom is -0.377 e. The van der Waals surface area contributed by atoms with Crippen molar-refractivity contribution >= 4 is 70.2 Å². The van der Waals surface area contributed by atoms with Crippen LogP contribution in [0.1, 0.15) is 74.2 Å². The van der Waals surface area contributed by atoms with Crippen LogP contribution >= 0.6 is 23.2 Å². The number of rotatable bonds is 37. The molecule has 3 heterocycles. The minimum atomic E-state index is -5.01. The average molecular weight is 1390 g/mol. The van der Waals surface area contributed by atoms with E-state index in [9.17, 15) is 46.3 Å². The van der Waals surface area contributed by atoms with E-state index in [0.29, 0.717) is 89.5 Å². The summed E-state index contributed by atoms with van der Waals surface area (Å²) in [6.45, 7) is 9.28. The van der Waals surface area contributed by atoms with Crippen molar-refractivity contribution in [1.29, 1.82) is 0 Å². The second-order valence-electron chi connectivity index (χ2n) is 21.9. The third kappa shape index (κ3) is 22.7. The van der Waals surface area contributed by atoms with Gasteiger partial charge in [-0.1, -0.05) is 35.3 Å². The van der Waals surface area contributed by atoms with Crippen LogP contribution in [-0.4, -0.2) is 182 Å². The van der Waals surface area contributed by atoms with E-state index in [1.54, 1.807) is 12.1 Å². The molecule has 0 spiro atoms. The lowest BCUT2D eigenvalue weighted by Crippen LogP contribution is -2.55. The number of alkyl halides is 3. The van der Waals surface area contributed by atoms with E-state index in [1.807, 2.05) is 25.8 Å². The molecule has 7 rings (SSSR count). The van der Waals surface area contributed by atoms with Crippen molar-refractivity contribution in [1.82, 2.24) is 30.8 Å². The monoisotopic (exact) mass is 1390 g/mol. The van der Waals surface area contributed by atoms with Crippen molar-refractivity contribution in [3.63, 3.8) is 0 Å². The van der Waals surface area contributed by atoms with Gasteiger partial charge in [0.1, 0.15) is 17.5 Å². The van der Waals surface area contributed by atoms with Gasteiger partial charge in [-0.15, -0.1) is 0 Å². The van der Waals surface area contributed by atoms with Crippen LogP contribution in [0.15, 0.2) is 102 Å². The molecule has 1 aliphatic heterocycles. The third-order valence-electron chi connectivity index (χ3n) is 15.1. The second-order valence-corrected chi connectivity index (χ2v) is 22.8. The molecule has 96 heavy (non-hydrogen) atoms. The first-order chi connectivity index (χ1) is 46.0. The summed E-state index contributed by atoms with van der Waals surface area (Å²) in [4.78, 5) is 86.1. The molecule has 22 nitrogen and oxygen atoms in total. The number of aromatic amines is 2. The number of carbonyl (C=O) groups excluding carboxylic acids is 5.